The number of aromatic nitrogens is 3. The Bertz CT molecular complexity index is 561. The van der Waals surface area contributed by atoms with Gasteiger partial charge in [-0.3, -0.25) is 10.8 Å². The van der Waals surface area contributed by atoms with E-state index in [2.05, 4.69) is 15.4 Å². The molecule has 0 aromatic carbocycles. The molecule has 2 aromatic heterocycles. The lowest BCUT2D eigenvalue weighted by molar-refractivity contribution is -0.137. The van der Waals surface area contributed by atoms with Gasteiger partial charge in [0, 0.05) is 25.1 Å². The van der Waals surface area contributed by atoms with E-state index in [1.165, 1.54) is 6.07 Å². The Morgan fingerprint density at radius 1 is 1.35 bits per heavy atom. The van der Waals surface area contributed by atoms with Crippen LogP contribution in [-0.2, 0) is 12.7 Å². The summed E-state index contributed by atoms with van der Waals surface area (Å²) in [6.45, 7) is 2.60. The predicted octanol–water partition coefficient (Wildman–Crippen LogP) is 1.87. The van der Waals surface area contributed by atoms with Crippen LogP contribution >= 0.6 is 0 Å². The van der Waals surface area contributed by atoms with Crippen molar-refractivity contribution in [3.63, 3.8) is 0 Å². The lowest BCUT2D eigenvalue weighted by atomic mass is 10.1. The number of nitrogens with two attached hydrogens (primary N) is 1. The van der Waals surface area contributed by atoms with Crippen molar-refractivity contribution in [2.75, 3.05) is 0 Å². The number of hydrogen-bond donors (Lipinski definition) is 2. The highest BCUT2D eigenvalue weighted by molar-refractivity contribution is 5.23. The van der Waals surface area contributed by atoms with Crippen LogP contribution < -0.4 is 11.3 Å². The number of alkyl halides is 3. The van der Waals surface area contributed by atoms with Crippen molar-refractivity contribution in [3.8, 4) is 0 Å². The summed E-state index contributed by atoms with van der Waals surface area (Å²) >= 11 is 0. The van der Waals surface area contributed by atoms with Gasteiger partial charge in [0.1, 0.15) is 11.9 Å². The van der Waals surface area contributed by atoms with E-state index in [1.807, 2.05) is 11.5 Å². The molecular weight excluding hydrogens is 271 g/mol. The SMILES string of the molecule is CCn1ccnc1C(NN)c1ccc(C(F)(F)F)cn1. The Kier molecular flexibility index (Phi) is 4.05. The maximum Gasteiger partial charge on any atom is 0.417 e. The molecule has 0 aliphatic carbocycles. The summed E-state index contributed by atoms with van der Waals surface area (Å²) in [5.41, 5.74) is 2.11. The third-order valence-corrected chi connectivity index (χ3v) is 2.92. The predicted molar refractivity (Wildman–Crippen MR) is 66.3 cm³/mol. The van der Waals surface area contributed by atoms with Crippen molar-refractivity contribution < 1.29 is 13.2 Å². The number of hydrazine groups is 1. The molecule has 2 heterocycles. The number of imidazole rings is 1. The Labute approximate surface area is 113 Å². The van der Waals surface area contributed by atoms with Gasteiger partial charge in [-0.25, -0.2) is 10.4 Å². The molecule has 3 N–H and O–H groups in total. The van der Waals surface area contributed by atoms with Crippen LogP contribution in [-0.4, -0.2) is 14.5 Å². The van der Waals surface area contributed by atoms with Crippen LogP contribution in [0.15, 0.2) is 30.7 Å². The zero-order valence-electron chi connectivity index (χ0n) is 10.7. The molecule has 1 unspecified atom stereocenters. The first-order valence-corrected chi connectivity index (χ1v) is 5.97. The molecule has 0 aliphatic rings. The summed E-state index contributed by atoms with van der Waals surface area (Å²) in [6, 6.07) is 1.71. The van der Waals surface area contributed by atoms with E-state index in [4.69, 9.17) is 5.84 Å². The van der Waals surface area contributed by atoms with Crippen LogP contribution in [0, 0.1) is 0 Å². The molecule has 108 valence electrons. The van der Waals surface area contributed by atoms with Gasteiger partial charge in [-0.2, -0.15) is 13.2 Å². The van der Waals surface area contributed by atoms with Crippen molar-refractivity contribution in [3.05, 3.63) is 47.8 Å². The van der Waals surface area contributed by atoms with Crippen LogP contribution in [0.5, 0.6) is 0 Å². The van der Waals surface area contributed by atoms with Gasteiger partial charge in [0.2, 0.25) is 0 Å². The number of rotatable bonds is 4. The van der Waals surface area contributed by atoms with Crippen LogP contribution in [0.25, 0.3) is 0 Å². The maximum atomic E-state index is 12.5. The summed E-state index contributed by atoms with van der Waals surface area (Å²) in [7, 11) is 0. The van der Waals surface area contributed by atoms with Crippen LogP contribution in [0.4, 0.5) is 13.2 Å². The fourth-order valence-corrected chi connectivity index (χ4v) is 1.88. The summed E-state index contributed by atoms with van der Waals surface area (Å²) in [5, 5.41) is 0. The lowest BCUT2D eigenvalue weighted by Gasteiger charge is -2.17. The van der Waals surface area contributed by atoms with Crippen molar-refractivity contribution in [1.29, 1.82) is 0 Å². The molecule has 0 spiro atoms. The molecule has 0 bridgehead atoms. The molecule has 0 aliphatic heterocycles. The Morgan fingerprint density at radius 2 is 2.10 bits per heavy atom. The minimum atomic E-state index is -4.40. The number of halogens is 3. The normalized spacial score (nSPS) is 13.4. The molecule has 0 saturated carbocycles. The monoisotopic (exact) mass is 285 g/mol. The quantitative estimate of drug-likeness (QED) is 0.664. The van der Waals surface area contributed by atoms with Gasteiger partial charge in [-0.05, 0) is 19.1 Å². The molecule has 0 fully saturated rings. The summed E-state index contributed by atoms with van der Waals surface area (Å²) in [4.78, 5) is 8.00. The van der Waals surface area contributed by atoms with Gasteiger partial charge in [0.25, 0.3) is 0 Å². The summed E-state index contributed by atoms with van der Waals surface area (Å²) in [5.74, 6) is 6.08. The minimum Gasteiger partial charge on any atom is -0.334 e. The van der Waals surface area contributed by atoms with Gasteiger partial charge < -0.3 is 4.57 Å². The standard InChI is InChI=1S/C12H14F3N5/c1-2-20-6-5-17-11(20)10(19-16)9-4-3-8(7-18-9)12(13,14)15/h3-7,10,19H,2,16H2,1H3. The van der Waals surface area contributed by atoms with E-state index >= 15 is 0 Å². The molecule has 20 heavy (non-hydrogen) atoms. The average Bonchev–Trinajstić information content (AvgIpc) is 2.87. The first kappa shape index (κ1) is 14.5. The van der Waals surface area contributed by atoms with E-state index in [0.29, 0.717) is 18.1 Å². The second-order valence-corrected chi connectivity index (χ2v) is 4.14. The van der Waals surface area contributed by atoms with Crippen molar-refractivity contribution in [2.45, 2.75) is 25.7 Å². The second kappa shape index (κ2) is 5.59. The Hall–Kier alpha value is -1.93. The molecule has 1 atom stereocenters. The van der Waals surface area contributed by atoms with E-state index in [0.717, 1.165) is 12.3 Å². The highest BCUT2D eigenvalue weighted by atomic mass is 19.4. The van der Waals surface area contributed by atoms with Crippen molar-refractivity contribution in [2.24, 2.45) is 5.84 Å². The first-order valence-electron chi connectivity index (χ1n) is 5.97. The van der Waals surface area contributed by atoms with Gasteiger partial charge in [0.15, 0.2) is 0 Å². The van der Waals surface area contributed by atoms with E-state index in [9.17, 15) is 13.2 Å². The fourth-order valence-electron chi connectivity index (χ4n) is 1.88. The summed E-state index contributed by atoms with van der Waals surface area (Å²) in [6.07, 6.45) is -0.241. The molecule has 2 aromatic rings. The van der Waals surface area contributed by atoms with E-state index < -0.39 is 17.8 Å². The van der Waals surface area contributed by atoms with Gasteiger partial charge in [-0.1, -0.05) is 0 Å². The number of aryl methyl sites for hydroxylation is 1. The van der Waals surface area contributed by atoms with Gasteiger partial charge in [-0.15, -0.1) is 0 Å². The van der Waals surface area contributed by atoms with Crippen LogP contribution in [0.1, 0.15) is 30.0 Å². The smallest absolute Gasteiger partial charge is 0.334 e. The van der Waals surface area contributed by atoms with Crippen molar-refractivity contribution in [1.82, 2.24) is 20.0 Å². The van der Waals surface area contributed by atoms with Crippen molar-refractivity contribution >= 4 is 0 Å². The van der Waals surface area contributed by atoms with Gasteiger partial charge >= 0.3 is 6.18 Å². The molecule has 8 heteroatoms. The average molecular weight is 285 g/mol. The highest BCUT2D eigenvalue weighted by Gasteiger charge is 2.31. The molecule has 0 radical (unpaired) electrons. The lowest BCUT2D eigenvalue weighted by Crippen LogP contribution is -2.31. The number of pyridine rings is 1. The second-order valence-electron chi connectivity index (χ2n) is 4.14. The largest absolute Gasteiger partial charge is 0.417 e. The number of nitrogens with zero attached hydrogens (tertiary/aromatic N) is 3. The Balaban J connectivity index is 2.33. The number of nitrogens with one attached hydrogen (secondary N) is 1. The molecule has 0 amide bonds. The number of hydrogen-bond acceptors (Lipinski definition) is 4. The fraction of sp³-hybridized carbons (Fsp3) is 0.333. The summed E-state index contributed by atoms with van der Waals surface area (Å²) < 4.78 is 39.3. The topological polar surface area (TPSA) is 68.8 Å². The maximum absolute atomic E-state index is 12.5. The molecule has 5 nitrogen and oxygen atoms in total. The molecule has 2 rings (SSSR count). The van der Waals surface area contributed by atoms with Crippen LogP contribution in [0.3, 0.4) is 0 Å². The first-order chi connectivity index (χ1) is 9.47. The molecular formula is C12H14F3N5. The third kappa shape index (κ3) is 2.81. The zero-order valence-corrected chi connectivity index (χ0v) is 10.7. The minimum absolute atomic E-state index is 0.376. The van der Waals surface area contributed by atoms with Gasteiger partial charge in [0.05, 0.1) is 11.3 Å². The molecule has 0 saturated heterocycles. The Morgan fingerprint density at radius 3 is 2.60 bits per heavy atom. The highest BCUT2D eigenvalue weighted by Crippen LogP contribution is 2.29. The third-order valence-electron chi connectivity index (χ3n) is 2.92. The zero-order chi connectivity index (χ0) is 14.8. The van der Waals surface area contributed by atoms with Crippen LogP contribution in [0.2, 0.25) is 0 Å². The van der Waals surface area contributed by atoms with E-state index in [-0.39, 0.29) is 0 Å². The van der Waals surface area contributed by atoms with E-state index in [1.54, 1.807) is 12.4 Å².